The highest BCUT2D eigenvalue weighted by molar-refractivity contribution is 5.72. The highest BCUT2D eigenvalue weighted by Crippen LogP contribution is 2.08. The van der Waals surface area contributed by atoms with E-state index in [4.69, 9.17) is 4.74 Å². The van der Waals surface area contributed by atoms with E-state index in [-0.39, 0.29) is 11.9 Å². The molecule has 0 aliphatic heterocycles. The summed E-state index contributed by atoms with van der Waals surface area (Å²) < 4.78 is 4.80. The second kappa shape index (κ2) is 7.88. The normalized spacial score (nSPS) is 12.4. The van der Waals surface area contributed by atoms with Gasteiger partial charge in [0.05, 0.1) is 13.0 Å². The molecule has 0 amide bonds. The van der Waals surface area contributed by atoms with E-state index in [0.29, 0.717) is 0 Å². The van der Waals surface area contributed by atoms with E-state index >= 15 is 0 Å². The van der Waals surface area contributed by atoms with Gasteiger partial charge in [-0.25, -0.2) is 0 Å². The van der Waals surface area contributed by atoms with Crippen molar-refractivity contribution in [3.05, 3.63) is 35.9 Å². The van der Waals surface area contributed by atoms with Gasteiger partial charge in [-0.1, -0.05) is 37.3 Å². The van der Waals surface area contributed by atoms with E-state index in [9.17, 15) is 4.79 Å². The van der Waals surface area contributed by atoms with E-state index in [1.807, 2.05) is 13.0 Å². The number of carbonyl (C=O) groups excluding carboxylic acids is 1. The first kappa shape index (κ1) is 14.7. The number of hydrogen-bond donors (Lipinski definition) is 0. The maximum absolute atomic E-state index is 11.5. The van der Waals surface area contributed by atoms with Crippen molar-refractivity contribution in [2.45, 2.75) is 19.8 Å². The fourth-order valence-corrected chi connectivity index (χ4v) is 1.97. The molecule has 0 aromatic heterocycles. The van der Waals surface area contributed by atoms with Gasteiger partial charge in [-0.2, -0.15) is 0 Å². The third-order valence-corrected chi connectivity index (χ3v) is 3.18. The van der Waals surface area contributed by atoms with Crippen molar-refractivity contribution in [3.8, 4) is 0 Å². The Morgan fingerprint density at radius 3 is 2.56 bits per heavy atom. The molecule has 3 nitrogen and oxygen atoms in total. The van der Waals surface area contributed by atoms with Crippen molar-refractivity contribution in [1.29, 1.82) is 0 Å². The Morgan fingerprint density at radius 2 is 2.00 bits per heavy atom. The van der Waals surface area contributed by atoms with Crippen molar-refractivity contribution in [2.75, 3.05) is 27.2 Å². The van der Waals surface area contributed by atoms with Crippen molar-refractivity contribution < 1.29 is 9.53 Å². The number of ether oxygens (including phenoxy) is 1. The average molecular weight is 249 g/mol. The molecule has 100 valence electrons. The number of carbonyl (C=O) groups is 1. The molecule has 1 aromatic rings. The second-order valence-corrected chi connectivity index (χ2v) is 4.63. The lowest BCUT2D eigenvalue weighted by molar-refractivity contribution is -0.146. The molecule has 0 saturated heterocycles. The van der Waals surface area contributed by atoms with Gasteiger partial charge >= 0.3 is 5.97 Å². The lowest BCUT2D eigenvalue weighted by Gasteiger charge is -2.21. The van der Waals surface area contributed by atoms with Crippen LogP contribution in [0.2, 0.25) is 0 Å². The van der Waals surface area contributed by atoms with Gasteiger partial charge in [-0.15, -0.1) is 0 Å². The Kier molecular flexibility index (Phi) is 6.44. The Labute approximate surface area is 110 Å². The topological polar surface area (TPSA) is 29.5 Å². The zero-order chi connectivity index (χ0) is 13.4. The third-order valence-electron chi connectivity index (χ3n) is 3.18. The monoisotopic (exact) mass is 249 g/mol. The van der Waals surface area contributed by atoms with Gasteiger partial charge in [0.2, 0.25) is 0 Å². The van der Waals surface area contributed by atoms with Gasteiger partial charge in [0.1, 0.15) is 0 Å². The standard InChI is InChI=1S/C15H23NO2/c1-4-14(15(17)18-3)12-16(2)11-10-13-8-6-5-7-9-13/h5-9,14H,4,10-12H2,1-3H3. The first-order valence-corrected chi connectivity index (χ1v) is 6.47. The summed E-state index contributed by atoms with van der Waals surface area (Å²) in [6, 6.07) is 10.4. The summed E-state index contributed by atoms with van der Waals surface area (Å²) >= 11 is 0. The lowest BCUT2D eigenvalue weighted by Crippen LogP contribution is -2.32. The molecule has 0 aliphatic rings. The van der Waals surface area contributed by atoms with Gasteiger partial charge in [0.15, 0.2) is 0 Å². The Morgan fingerprint density at radius 1 is 1.33 bits per heavy atom. The predicted molar refractivity (Wildman–Crippen MR) is 73.4 cm³/mol. The van der Waals surface area contributed by atoms with E-state index in [0.717, 1.165) is 25.9 Å². The maximum Gasteiger partial charge on any atom is 0.309 e. The van der Waals surface area contributed by atoms with Crippen LogP contribution in [0.4, 0.5) is 0 Å². The summed E-state index contributed by atoms with van der Waals surface area (Å²) in [7, 11) is 3.50. The number of hydrogen-bond acceptors (Lipinski definition) is 3. The molecule has 1 rings (SSSR count). The van der Waals surface area contributed by atoms with E-state index in [1.165, 1.54) is 12.7 Å². The highest BCUT2D eigenvalue weighted by Gasteiger charge is 2.18. The summed E-state index contributed by atoms with van der Waals surface area (Å²) in [6.07, 6.45) is 1.83. The zero-order valence-corrected chi connectivity index (χ0v) is 11.6. The third kappa shape index (κ3) is 4.88. The Balaban J connectivity index is 2.36. The van der Waals surface area contributed by atoms with Crippen molar-refractivity contribution in [3.63, 3.8) is 0 Å². The molecule has 18 heavy (non-hydrogen) atoms. The maximum atomic E-state index is 11.5. The molecule has 1 unspecified atom stereocenters. The van der Waals surface area contributed by atoms with Crippen LogP contribution >= 0.6 is 0 Å². The number of rotatable bonds is 7. The molecule has 0 aliphatic carbocycles. The molecule has 3 heteroatoms. The largest absolute Gasteiger partial charge is 0.469 e. The van der Waals surface area contributed by atoms with Gasteiger partial charge < -0.3 is 9.64 Å². The molecule has 0 fully saturated rings. The van der Waals surface area contributed by atoms with Gasteiger partial charge in [-0.05, 0) is 25.5 Å². The summed E-state index contributed by atoms with van der Waals surface area (Å²) in [6.45, 7) is 3.74. The molecule has 0 saturated carbocycles. The minimum Gasteiger partial charge on any atom is -0.469 e. The van der Waals surface area contributed by atoms with Crippen LogP contribution in [-0.2, 0) is 16.0 Å². The molecule has 0 heterocycles. The molecule has 1 aromatic carbocycles. The van der Waals surface area contributed by atoms with Crippen LogP contribution in [-0.4, -0.2) is 38.1 Å². The number of nitrogens with zero attached hydrogens (tertiary/aromatic N) is 1. The Bertz CT molecular complexity index is 351. The first-order valence-electron chi connectivity index (χ1n) is 6.47. The zero-order valence-electron chi connectivity index (χ0n) is 11.6. The van der Waals surface area contributed by atoms with Crippen LogP contribution in [0.15, 0.2) is 30.3 Å². The molecule has 0 radical (unpaired) electrons. The molecular weight excluding hydrogens is 226 g/mol. The summed E-state index contributed by atoms with van der Waals surface area (Å²) in [4.78, 5) is 13.7. The number of methoxy groups -OCH3 is 1. The van der Waals surface area contributed by atoms with Gasteiger partial charge in [-0.3, -0.25) is 4.79 Å². The molecule has 0 N–H and O–H groups in total. The van der Waals surface area contributed by atoms with Gasteiger partial charge in [0.25, 0.3) is 0 Å². The van der Waals surface area contributed by atoms with Crippen LogP contribution in [0.25, 0.3) is 0 Å². The van der Waals surface area contributed by atoms with E-state index in [2.05, 4.69) is 36.2 Å². The Hall–Kier alpha value is -1.35. The van der Waals surface area contributed by atoms with E-state index in [1.54, 1.807) is 0 Å². The summed E-state index contributed by atoms with van der Waals surface area (Å²) in [5, 5.41) is 0. The predicted octanol–water partition coefficient (Wildman–Crippen LogP) is 2.36. The van der Waals surface area contributed by atoms with Crippen LogP contribution in [0.3, 0.4) is 0 Å². The lowest BCUT2D eigenvalue weighted by atomic mass is 10.1. The van der Waals surface area contributed by atoms with Crippen LogP contribution in [0.5, 0.6) is 0 Å². The van der Waals surface area contributed by atoms with Crippen molar-refractivity contribution >= 4 is 5.97 Å². The SMILES string of the molecule is CCC(CN(C)CCc1ccccc1)C(=O)OC. The van der Waals surface area contributed by atoms with Crippen LogP contribution in [0.1, 0.15) is 18.9 Å². The first-order chi connectivity index (χ1) is 8.67. The summed E-state index contributed by atoms with van der Waals surface area (Å²) in [5.41, 5.74) is 1.33. The van der Waals surface area contributed by atoms with Crippen LogP contribution < -0.4 is 0 Å². The quantitative estimate of drug-likeness (QED) is 0.695. The molecule has 0 bridgehead atoms. The summed E-state index contributed by atoms with van der Waals surface area (Å²) in [5.74, 6) is -0.125. The highest BCUT2D eigenvalue weighted by atomic mass is 16.5. The van der Waals surface area contributed by atoms with Gasteiger partial charge in [0, 0.05) is 13.1 Å². The van der Waals surface area contributed by atoms with Crippen molar-refractivity contribution in [1.82, 2.24) is 4.90 Å². The minimum absolute atomic E-state index is 0.0178. The molecule has 1 atom stereocenters. The number of benzene rings is 1. The molecule has 0 spiro atoms. The van der Waals surface area contributed by atoms with Crippen LogP contribution in [0, 0.1) is 5.92 Å². The fourth-order valence-electron chi connectivity index (χ4n) is 1.97. The number of likely N-dealkylation sites (N-methyl/N-ethyl adjacent to an activating group) is 1. The second-order valence-electron chi connectivity index (χ2n) is 4.63. The van der Waals surface area contributed by atoms with E-state index < -0.39 is 0 Å². The fraction of sp³-hybridized carbons (Fsp3) is 0.533. The van der Waals surface area contributed by atoms with Crippen molar-refractivity contribution in [2.24, 2.45) is 5.92 Å². The average Bonchev–Trinajstić information content (AvgIpc) is 2.42. The smallest absolute Gasteiger partial charge is 0.309 e. The molecular formula is C15H23NO2. The minimum atomic E-state index is -0.107. The number of esters is 1.